The van der Waals surface area contributed by atoms with Crippen molar-refractivity contribution in [1.82, 2.24) is 15.0 Å². The molecule has 1 aliphatic rings. The van der Waals surface area contributed by atoms with Crippen molar-refractivity contribution >= 4 is 28.0 Å². The first-order valence-electron chi connectivity index (χ1n) is 8.59. The van der Waals surface area contributed by atoms with Crippen LogP contribution in [0.1, 0.15) is 35.5 Å². The van der Waals surface area contributed by atoms with Gasteiger partial charge in [-0.1, -0.05) is 0 Å². The molecule has 0 bridgehead atoms. The fourth-order valence-corrected chi connectivity index (χ4v) is 4.11. The SMILES string of the molecule is CC(=O)c1cc2nc([S+]([O-])Cc3nccc4c3OCC(C)O4)[nH]c2cc1C. The van der Waals surface area contributed by atoms with Crippen molar-refractivity contribution in [2.45, 2.75) is 37.8 Å². The van der Waals surface area contributed by atoms with E-state index < -0.39 is 11.2 Å². The smallest absolute Gasteiger partial charge is 0.322 e. The van der Waals surface area contributed by atoms with E-state index in [-0.39, 0.29) is 17.6 Å². The molecule has 27 heavy (non-hydrogen) atoms. The fraction of sp³-hybridized carbons (Fsp3) is 0.316. The molecule has 140 valence electrons. The Hall–Kier alpha value is -2.58. The molecule has 1 aliphatic heterocycles. The second-order valence-electron chi connectivity index (χ2n) is 6.60. The van der Waals surface area contributed by atoms with Gasteiger partial charge < -0.3 is 14.0 Å². The van der Waals surface area contributed by atoms with Crippen molar-refractivity contribution < 1.29 is 18.8 Å². The van der Waals surface area contributed by atoms with Gasteiger partial charge >= 0.3 is 5.16 Å². The molecular weight excluding hydrogens is 366 g/mol. The van der Waals surface area contributed by atoms with Crippen LogP contribution in [0.25, 0.3) is 11.0 Å². The Morgan fingerprint density at radius 2 is 2.26 bits per heavy atom. The summed E-state index contributed by atoms with van der Waals surface area (Å²) < 4.78 is 24.3. The average Bonchev–Trinajstić information content (AvgIpc) is 3.03. The van der Waals surface area contributed by atoms with Gasteiger partial charge in [0, 0.05) is 29.0 Å². The Bertz CT molecular complexity index is 1030. The van der Waals surface area contributed by atoms with Crippen molar-refractivity contribution in [3.05, 3.63) is 41.2 Å². The van der Waals surface area contributed by atoms with E-state index in [1.807, 2.05) is 19.9 Å². The van der Waals surface area contributed by atoms with E-state index in [0.29, 0.717) is 40.0 Å². The lowest BCUT2D eigenvalue weighted by Gasteiger charge is -2.25. The number of fused-ring (bicyclic) bond motifs is 2. The van der Waals surface area contributed by atoms with Gasteiger partial charge in [-0.15, -0.1) is 0 Å². The van der Waals surface area contributed by atoms with E-state index >= 15 is 0 Å². The number of rotatable bonds is 4. The van der Waals surface area contributed by atoms with Gasteiger partial charge in [-0.05, 0) is 38.5 Å². The van der Waals surface area contributed by atoms with Crippen molar-refractivity contribution in [3.8, 4) is 11.5 Å². The van der Waals surface area contributed by atoms with Crippen LogP contribution >= 0.6 is 0 Å². The van der Waals surface area contributed by atoms with E-state index in [1.54, 1.807) is 18.3 Å². The lowest BCUT2D eigenvalue weighted by atomic mass is 10.0. The number of aromatic amines is 1. The van der Waals surface area contributed by atoms with Crippen molar-refractivity contribution in [2.75, 3.05) is 6.61 Å². The minimum Gasteiger partial charge on any atom is -0.609 e. The number of ether oxygens (including phenoxy) is 2. The maximum Gasteiger partial charge on any atom is 0.322 e. The Morgan fingerprint density at radius 1 is 1.44 bits per heavy atom. The van der Waals surface area contributed by atoms with Crippen LogP contribution in [0.4, 0.5) is 0 Å². The normalized spacial score (nSPS) is 17.1. The van der Waals surface area contributed by atoms with Crippen molar-refractivity contribution in [3.63, 3.8) is 0 Å². The van der Waals surface area contributed by atoms with Crippen LogP contribution < -0.4 is 9.47 Å². The zero-order valence-corrected chi connectivity index (χ0v) is 16.1. The molecule has 1 N–H and O–H groups in total. The lowest BCUT2D eigenvalue weighted by molar-refractivity contribution is 0.101. The highest BCUT2D eigenvalue weighted by atomic mass is 32.2. The second kappa shape index (κ2) is 6.86. The number of carbonyl (C=O) groups excluding carboxylic acids is 1. The lowest BCUT2D eigenvalue weighted by Crippen LogP contribution is -2.27. The predicted molar refractivity (Wildman–Crippen MR) is 101 cm³/mol. The first-order chi connectivity index (χ1) is 12.9. The highest BCUT2D eigenvalue weighted by Gasteiger charge is 2.26. The Labute approximate surface area is 159 Å². The Morgan fingerprint density at radius 3 is 3.04 bits per heavy atom. The van der Waals surface area contributed by atoms with Crippen LogP contribution in [0.15, 0.2) is 29.6 Å². The molecule has 7 nitrogen and oxygen atoms in total. The Kier molecular flexibility index (Phi) is 4.53. The summed E-state index contributed by atoms with van der Waals surface area (Å²) in [5.41, 5.74) is 3.40. The number of H-pyrrole nitrogens is 1. The number of nitrogens with zero attached hydrogens (tertiary/aromatic N) is 2. The number of hydrogen-bond acceptors (Lipinski definition) is 6. The molecule has 0 saturated heterocycles. The van der Waals surface area contributed by atoms with Crippen LogP contribution in [-0.4, -0.2) is 38.0 Å². The summed E-state index contributed by atoms with van der Waals surface area (Å²) in [5, 5.41) is 0.342. The maximum atomic E-state index is 12.9. The molecule has 0 saturated carbocycles. The van der Waals surface area contributed by atoms with E-state index in [0.717, 1.165) is 11.1 Å². The minimum atomic E-state index is -1.45. The number of imidazole rings is 1. The number of hydrogen-bond donors (Lipinski definition) is 1. The molecule has 0 spiro atoms. The van der Waals surface area contributed by atoms with Crippen molar-refractivity contribution in [1.29, 1.82) is 0 Å². The van der Waals surface area contributed by atoms with E-state index in [1.165, 1.54) is 6.92 Å². The van der Waals surface area contributed by atoms with Crippen molar-refractivity contribution in [2.24, 2.45) is 0 Å². The minimum absolute atomic E-state index is 0.0217. The number of Topliss-reactive ketones (excluding diaryl/α,β-unsaturated/α-hetero) is 1. The molecular formula is C19H19N3O4S. The summed E-state index contributed by atoms with van der Waals surface area (Å²) >= 11 is -1.45. The number of benzene rings is 1. The summed E-state index contributed by atoms with van der Waals surface area (Å²) in [6.45, 7) is 5.74. The summed E-state index contributed by atoms with van der Waals surface area (Å²) in [7, 11) is 0. The molecule has 0 radical (unpaired) electrons. The number of nitrogens with one attached hydrogen (secondary N) is 1. The van der Waals surface area contributed by atoms with E-state index in [9.17, 15) is 9.35 Å². The molecule has 4 rings (SSSR count). The second-order valence-corrected chi connectivity index (χ2v) is 7.96. The topological polar surface area (TPSA) is 100 Å². The third-order valence-corrected chi connectivity index (χ3v) is 5.56. The van der Waals surface area contributed by atoms with E-state index in [2.05, 4.69) is 15.0 Å². The molecule has 0 fully saturated rings. The van der Waals surface area contributed by atoms with Gasteiger partial charge in [0.15, 0.2) is 23.0 Å². The monoisotopic (exact) mass is 385 g/mol. The Balaban J connectivity index is 1.63. The number of carbonyl (C=O) groups is 1. The standard InChI is InChI=1S/C19H19N3O4S/c1-10-6-14-15(7-13(10)12(3)23)22-19(21-14)27(24)9-16-18-17(4-5-20-16)26-11(2)8-25-18/h4-7,11H,8-9H2,1-3H3,(H,21,22). The molecule has 3 aromatic rings. The molecule has 3 heterocycles. The summed E-state index contributed by atoms with van der Waals surface area (Å²) in [6, 6.07) is 5.32. The van der Waals surface area contributed by atoms with Gasteiger partial charge in [0.05, 0.1) is 11.0 Å². The van der Waals surface area contributed by atoms with Crippen LogP contribution in [0.3, 0.4) is 0 Å². The highest BCUT2D eigenvalue weighted by Crippen LogP contribution is 2.35. The van der Waals surface area contributed by atoms with Crippen LogP contribution in [-0.2, 0) is 16.9 Å². The first kappa shape index (κ1) is 17.8. The third kappa shape index (κ3) is 3.38. The van der Waals surface area contributed by atoms with Gasteiger partial charge in [0.1, 0.15) is 18.4 Å². The predicted octanol–water partition coefficient (Wildman–Crippen LogP) is 2.94. The number of aryl methyl sites for hydroxylation is 1. The van der Waals surface area contributed by atoms with Gasteiger partial charge in [-0.3, -0.25) is 14.8 Å². The molecule has 2 atom stereocenters. The van der Waals surface area contributed by atoms with Gasteiger partial charge in [-0.25, -0.2) is 0 Å². The number of aromatic nitrogens is 3. The molecule has 8 heteroatoms. The first-order valence-corrected chi connectivity index (χ1v) is 9.91. The third-order valence-electron chi connectivity index (χ3n) is 4.40. The van der Waals surface area contributed by atoms with Crippen LogP contribution in [0.2, 0.25) is 0 Å². The van der Waals surface area contributed by atoms with Gasteiger partial charge in [0.2, 0.25) is 0 Å². The maximum absolute atomic E-state index is 12.9. The van der Waals surface area contributed by atoms with Gasteiger partial charge in [-0.2, -0.15) is 4.98 Å². The molecule has 2 aromatic heterocycles. The fourth-order valence-electron chi connectivity index (χ4n) is 3.09. The summed E-state index contributed by atoms with van der Waals surface area (Å²) in [5.74, 6) is 1.28. The highest BCUT2D eigenvalue weighted by molar-refractivity contribution is 7.90. The van der Waals surface area contributed by atoms with E-state index in [4.69, 9.17) is 9.47 Å². The summed E-state index contributed by atoms with van der Waals surface area (Å²) in [4.78, 5) is 23.5. The largest absolute Gasteiger partial charge is 0.609 e. The van der Waals surface area contributed by atoms with Gasteiger partial charge in [0.25, 0.3) is 0 Å². The number of ketones is 1. The zero-order valence-electron chi connectivity index (χ0n) is 15.2. The average molecular weight is 385 g/mol. The zero-order chi connectivity index (χ0) is 19.1. The molecule has 0 amide bonds. The molecule has 2 unspecified atom stereocenters. The summed E-state index contributed by atoms with van der Waals surface area (Å²) in [6.07, 6.45) is 1.58. The molecule has 0 aliphatic carbocycles. The van der Waals surface area contributed by atoms with Crippen LogP contribution in [0, 0.1) is 6.92 Å². The molecule has 1 aromatic carbocycles. The quantitative estimate of drug-likeness (QED) is 0.547. The van der Waals surface area contributed by atoms with Crippen LogP contribution in [0.5, 0.6) is 11.5 Å². The number of pyridine rings is 1.